The van der Waals surface area contributed by atoms with Crippen LogP contribution in [-0.2, 0) is 4.79 Å². The van der Waals surface area contributed by atoms with E-state index in [0.717, 1.165) is 26.1 Å². The van der Waals surface area contributed by atoms with Crippen molar-refractivity contribution < 1.29 is 19.4 Å². The van der Waals surface area contributed by atoms with E-state index >= 15 is 0 Å². The van der Waals surface area contributed by atoms with E-state index in [1.807, 2.05) is 12.1 Å². The van der Waals surface area contributed by atoms with Crippen LogP contribution in [0.4, 0.5) is 0 Å². The molecule has 0 saturated carbocycles. The van der Waals surface area contributed by atoms with Gasteiger partial charge in [-0.2, -0.15) is 0 Å². The molecule has 1 heterocycles. The molecule has 1 aliphatic rings. The number of hydrogen-bond acceptors (Lipinski definition) is 4. The first-order chi connectivity index (χ1) is 10.2. The highest BCUT2D eigenvalue weighted by Gasteiger charge is 2.34. The van der Waals surface area contributed by atoms with Gasteiger partial charge in [-0.1, -0.05) is 19.1 Å². The molecule has 5 heteroatoms. The van der Waals surface area contributed by atoms with E-state index < -0.39 is 11.9 Å². The molecule has 0 amide bonds. The number of hydrogen-bond donors (Lipinski definition) is 1. The van der Waals surface area contributed by atoms with Gasteiger partial charge >= 0.3 is 5.97 Å². The summed E-state index contributed by atoms with van der Waals surface area (Å²) in [7, 11) is 1.58. The number of methoxy groups -OCH3 is 1. The van der Waals surface area contributed by atoms with Gasteiger partial charge in [0.1, 0.15) is 6.61 Å². The van der Waals surface area contributed by atoms with Crippen LogP contribution >= 0.6 is 0 Å². The molecular formula is C16H23NO4. The predicted molar refractivity (Wildman–Crippen MR) is 79.8 cm³/mol. The van der Waals surface area contributed by atoms with Gasteiger partial charge in [-0.3, -0.25) is 4.79 Å². The summed E-state index contributed by atoms with van der Waals surface area (Å²) in [6, 6.07) is 7.31. The lowest BCUT2D eigenvalue weighted by Crippen LogP contribution is -2.31. The zero-order valence-corrected chi connectivity index (χ0v) is 12.6. The van der Waals surface area contributed by atoms with Crippen molar-refractivity contribution in [1.82, 2.24) is 4.90 Å². The molecule has 1 aromatic rings. The van der Waals surface area contributed by atoms with Crippen molar-refractivity contribution in [3.63, 3.8) is 0 Å². The minimum absolute atomic E-state index is 0.150. The zero-order chi connectivity index (χ0) is 15.2. The lowest BCUT2D eigenvalue weighted by Gasteiger charge is -2.21. The number of carboxylic acids is 1. The highest BCUT2D eigenvalue weighted by Crippen LogP contribution is 2.29. The van der Waals surface area contributed by atoms with E-state index in [-0.39, 0.29) is 12.5 Å². The van der Waals surface area contributed by atoms with Gasteiger partial charge in [0.2, 0.25) is 0 Å². The maximum Gasteiger partial charge on any atom is 0.310 e. The van der Waals surface area contributed by atoms with Gasteiger partial charge in [0.05, 0.1) is 13.0 Å². The summed E-state index contributed by atoms with van der Waals surface area (Å²) < 4.78 is 10.9. The number of aliphatic carboxylic acids is 1. The van der Waals surface area contributed by atoms with Gasteiger partial charge in [-0.05, 0) is 37.6 Å². The fourth-order valence-corrected chi connectivity index (χ4v) is 2.80. The van der Waals surface area contributed by atoms with Crippen molar-refractivity contribution >= 4 is 5.97 Å². The molecule has 5 nitrogen and oxygen atoms in total. The van der Waals surface area contributed by atoms with E-state index in [9.17, 15) is 9.90 Å². The smallest absolute Gasteiger partial charge is 0.310 e. The van der Waals surface area contributed by atoms with Crippen molar-refractivity contribution in [3.05, 3.63) is 24.3 Å². The van der Waals surface area contributed by atoms with Crippen molar-refractivity contribution in [2.75, 3.05) is 33.4 Å². The van der Waals surface area contributed by atoms with Gasteiger partial charge in [-0.25, -0.2) is 0 Å². The number of benzene rings is 1. The largest absolute Gasteiger partial charge is 0.493 e. The van der Waals surface area contributed by atoms with Crippen LogP contribution in [0.2, 0.25) is 0 Å². The molecule has 1 aromatic carbocycles. The summed E-state index contributed by atoms with van der Waals surface area (Å²) in [6.45, 7) is 5.06. The van der Waals surface area contributed by atoms with E-state index in [1.54, 1.807) is 19.2 Å². The van der Waals surface area contributed by atoms with Crippen LogP contribution in [0.3, 0.4) is 0 Å². The molecule has 21 heavy (non-hydrogen) atoms. The third-order valence-electron chi connectivity index (χ3n) is 4.13. The molecule has 1 saturated heterocycles. The van der Waals surface area contributed by atoms with Gasteiger partial charge in [0.15, 0.2) is 11.5 Å². The summed E-state index contributed by atoms with van der Waals surface area (Å²) in [6.07, 6.45) is 0.917. The van der Waals surface area contributed by atoms with E-state index in [4.69, 9.17) is 9.47 Å². The summed E-state index contributed by atoms with van der Waals surface area (Å²) in [5, 5.41) is 9.47. The van der Waals surface area contributed by atoms with Crippen molar-refractivity contribution in [2.45, 2.75) is 13.3 Å². The molecular weight excluding hydrogens is 270 g/mol. The molecule has 2 rings (SSSR count). The van der Waals surface area contributed by atoms with Crippen molar-refractivity contribution in [2.24, 2.45) is 11.8 Å². The number of rotatable bonds is 7. The fraction of sp³-hybridized carbons (Fsp3) is 0.562. The quantitative estimate of drug-likeness (QED) is 0.834. The number of para-hydroxylation sites is 2. The molecule has 2 unspecified atom stereocenters. The first-order valence-corrected chi connectivity index (χ1v) is 7.36. The molecule has 0 spiro atoms. The number of carbonyl (C=O) groups is 1. The van der Waals surface area contributed by atoms with Crippen LogP contribution in [0.25, 0.3) is 0 Å². The molecule has 2 atom stereocenters. The number of carboxylic acid groups (broad SMARTS) is 1. The third-order valence-corrected chi connectivity index (χ3v) is 4.13. The van der Waals surface area contributed by atoms with Crippen LogP contribution < -0.4 is 9.47 Å². The minimum Gasteiger partial charge on any atom is -0.493 e. The standard InChI is InChI=1S/C16H23NO4/c1-3-17-9-8-12(10-17)13(16(18)19)11-21-15-7-5-4-6-14(15)20-2/h4-7,12-13H,3,8-11H2,1-2H3,(H,18,19). The monoisotopic (exact) mass is 293 g/mol. The lowest BCUT2D eigenvalue weighted by molar-refractivity contribution is -0.144. The first kappa shape index (κ1) is 15.6. The molecule has 0 aliphatic carbocycles. The number of likely N-dealkylation sites (tertiary alicyclic amines) is 1. The summed E-state index contributed by atoms with van der Waals surface area (Å²) in [5.74, 6) is 0.108. The Balaban J connectivity index is 1.99. The average Bonchev–Trinajstić information content (AvgIpc) is 2.96. The normalized spacial score (nSPS) is 20.2. The molecule has 1 N–H and O–H groups in total. The predicted octanol–water partition coefficient (Wildman–Crippen LogP) is 2.12. The molecule has 0 radical (unpaired) electrons. The summed E-state index contributed by atoms with van der Waals surface area (Å²) >= 11 is 0. The Hall–Kier alpha value is -1.75. The Morgan fingerprint density at radius 3 is 2.71 bits per heavy atom. The molecule has 1 aliphatic heterocycles. The summed E-state index contributed by atoms with van der Waals surface area (Å²) in [4.78, 5) is 13.8. The lowest BCUT2D eigenvalue weighted by atomic mass is 9.92. The second kappa shape index (κ2) is 7.31. The Kier molecular flexibility index (Phi) is 5.44. The van der Waals surface area contributed by atoms with E-state index in [0.29, 0.717) is 11.5 Å². The maximum absolute atomic E-state index is 11.5. The van der Waals surface area contributed by atoms with Crippen LogP contribution in [0.1, 0.15) is 13.3 Å². The number of ether oxygens (including phenoxy) is 2. The third kappa shape index (κ3) is 3.88. The SMILES string of the molecule is CCN1CCC(C(COc2ccccc2OC)C(=O)O)C1. The molecule has 116 valence electrons. The Morgan fingerprint density at radius 1 is 1.43 bits per heavy atom. The van der Waals surface area contributed by atoms with Gasteiger partial charge in [0.25, 0.3) is 0 Å². The Morgan fingerprint density at radius 2 is 2.14 bits per heavy atom. The second-order valence-corrected chi connectivity index (χ2v) is 5.35. The molecule has 0 bridgehead atoms. The summed E-state index contributed by atoms with van der Waals surface area (Å²) in [5.41, 5.74) is 0. The van der Waals surface area contributed by atoms with Crippen LogP contribution in [0.15, 0.2) is 24.3 Å². The van der Waals surface area contributed by atoms with Gasteiger partial charge in [-0.15, -0.1) is 0 Å². The Labute approximate surface area is 125 Å². The second-order valence-electron chi connectivity index (χ2n) is 5.35. The van der Waals surface area contributed by atoms with Crippen LogP contribution in [-0.4, -0.2) is 49.3 Å². The molecule has 1 fully saturated rings. The highest BCUT2D eigenvalue weighted by atomic mass is 16.5. The topological polar surface area (TPSA) is 59.0 Å². The number of nitrogens with zero attached hydrogens (tertiary/aromatic N) is 1. The zero-order valence-electron chi connectivity index (χ0n) is 12.6. The fourth-order valence-electron chi connectivity index (χ4n) is 2.80. The van der Waals surface area contributed by atoms with E-state index in [1.165, 1.54) is 0 Å². The Bertz CT molecular complexity index is 477. The van der Waals surface area contributed by atoms with Crippen molar-refractivity contribution in [3.8, 4) is 11.5 Å². The highest BCUT2D eigenvalue weighted by molar-refractivity contribution is 5.70. The van der Waals surface area contributed by atoms with Gasteiger partial charge < -0.3 is 19.5 Å². The molecule has 0 aromatic heterocycles. The van der Waals surface area contributed by atoms with Crippen LogP contribution in [0, 0.1) is 11.8 Å². The first-order valence-electron chi connectivity index (χ1n) is 7.36. The van der Waals surface area contributed by atoms with Gasteiger partial charge in [0, 0.05) is 6.54 Å². The van der Waals surface area contributed by atoms with Crippen molar-refractivity contribution in [1.29, 1.82) is 0 Å². The minimum atomic E-state index is -0.784. The maximum atomic E-state index is 11.5. The van der Waals surface area contributed by atoms with E-state index in [2.05, 4.69) is 11.8 Å². The van der Waals surface area contributed by atoms with Crippen LogP contribution in [0.5, 0.6) is 11.5 Å². The average molecular weight is 293 g/mol.